The van der Waals surface area contributed by atoms with E-state index in [0.717, 1.165) is 31.8 Å². The summed E-state index contributed by atoms with van der Waals surface area (Å²) in [6.07, 6.45) is 11.3. The average Bonchev–Trinajstić information content (AvgIpc) is 2.51. The molecule has 3 nitrogen and oxygen atoms in total. The molecule has 1 saturated heterocycles. The minimum atomic E-state index is -0.333. The van der Waals surface area contributed by atoms with Crippen LogP contribution in [0.5, 0.6) is 0 Å². The molecule has 0 aliphatic carbocycles. The van der Waals surface area contributed by atoms with Crippen molar-refractivity contribution >= 4 is 0 Å². The Kier molecular flexibility index (Phi) is 8.96. The quantitative estimate of drug-likeness (QED) is 0.617. The molecule has 122 valence electrons. The molecule has 0 spiro atoms. The maximum atomic E-state index is 9.35. The third-order valence-electron chi connectivity index (χ3n) is 4.76. The van der Waals surface area contributed by atoms with E-state index in [1.807, 2.05) is 6.92 Å². The zero-order valence-corrected chi connectivity index (χ0v) is 14.5. The summed E-state index contributed by atoms with van der Waals surface area (Å²) in [5.74, 6) is 0. The summed E-state index contributed by atoms with van der Waals surface area (Å²) in [6.45, 7) is 9.94. The van der Waals surface area contributed by atoms with Gasteiger partial charge in [-0.05, 0) is 71.5 Å². The number of nitrogens with zero attached hydrogens (tertiary/aromatic N) is 2. The highest BCUT2D eigenvalue weighted by atomic mass is 15.2. The van der Waals surface area contributed by atoms with Crippen LogP contribution in [0.4, 0.5) is 0 Å². The number of likely N-dealkylation sites (tertiary alicyclic amines) is 1. The van der Waals surface area contributed by atoms with E-state index in [0.29, 0.717) is 0 Å². The predicted octanol–water partition coefficient (Wildman–Crippen LogP) is 4.09. The van der Waals surface area contributed by atoms with Crippen LogP contribution in [0.25, 0.3) is 0 Å². The molecule has 2 atom stereocenters. The number of hydrogen-bond acceptors (Lipinski definition) is 3. The van der Waals surface area contributed by atoms with E-state index in [2.05, 4.69) is 30.1 Å². The lowest BCUT2D eigenvalue weighted by Crippen LogP contribution is -2.42. The van der Waals surface area contributed by atoms with Crippen molar-refractivity contribution in [2.45, 2.75) is 90.1 Å². The van der Waals surface area contributed by atoms with E-state index >= 15 is 0 Å². The zero-order chi connectivity index (χ0) is 15.6. The van der Waals surface area contributed by atoms with Gasteiger partial charge in [0.2, 0.25) is 0 Å². The van der Waals surface area contributed by atoms with Crippen molar-refractivity contribution in [1.82, 2.24) is 10.2 Å². The highest BCUT2D eigenvalue weighted by Crippen LogP contribution is 2.22. The predicted molar refractivity (Wildman–Crippen MR) is 90.3 cm³/mol. The molecule has 0 radical (unpaired) electrons. The zero-order valence-electron chi connectivity index (χ0n) is 14.5. The first-order valence-electron chi connectivity index (χ1n) is 9.05. The molecule has 1 aliphatic heterocycles. The topological polar surface area (TPSA) is 39.1 Å². The van der Waals surface area contributed by atoms with Crippen LogP contribution < -0.4 is 5.32 Å². The van der Waals surface area contributed by atoms with Gasteiger partial charge >= 0.3 is 0 Å². The number of hydrogen-bond donors (Lipinski definition) is 1. The van der Waals surface area contributed by atoms with Gasteiger partial charge < -0.3 is 4.90 Å². The molecule has 2 unspecified atom stereocenters. The number of nitrogens with one attached hydrogen (secondary N) is 1. The second kappa shape index (κ2) is 10.2. The van der Waals surface area contributed by atoms with E-state index in [9.17, 15) is 5.26 Å². The molecule has 0 bridgehead atoms. The Labute approximate surface area is 132 Å². The largest absolute Gasteiger partial charge is 0.300 e. The van der Waals surface area contributed by atoms with Crippen molar-refractivity contribution in [3.63, 3.8) is 0 Å². The summed E-state index contributed by atoms with van der Waals surface area (Å²) < 4.78 is 0. The molecule has 3 heteroatoms. The molecule has 0 amide bonds. The summed E-state index contributed by atoms with van der Waals surface area (Å²) in [6, 6.07) is 3.28. The third kappa shape index (κ3) is 6.80. The fraction of sp³-hybridized carbons (Fsp3) is 0.944. The molecule has 1 heterocycles. The number of rotatable bonds is 10. The molecule has 1 fully saturated rings. The highest BCUT2D eigenvalue weighted by molar-refractivity contribution is 5.03. The average molecular weight is 293 g/mol. The van der Waals surface area contributed by atoms with Crippen LogP contribution in [-0.4, -0.2) is 36.1 Å². The fourth-order valence-electron chi connectivity index (χ4n) is 3.39. The lowest BCUT2D eigenvalue weighted by Gasteiger charge is -2.36. The first-order valence-corrected chi connectivity index (χ1v) is 9.05. The highest BCUT2D eigenvalue weighted by Gasteiger charge is 2.23. The summed E-state index contributed by atoms with van der Waals surface area (Å²) in [5.41, 5.74) is -0.333. The summed E-state index contributed by atoms with van der Waals surface area (Å²) in [5, 5.41) is 12.7. The van der Waals surface area contributed by atoms with Crippen LogP contribution in [0.3, 0.4) is 0 Å². The number of piperidine rings is 1. The molecule has 0 aromatic heterocycles. The Morgan fingerprint density at radius 2 is 2.05 bits per heavy atom. The monoisotopic (exact) mass is 293 g/mol. The molecule has 21 heavy (non-hydrogen) atoms. The molecule has 0 aromatic carbocycles. The Hall–Kier alpha value is -0.590. The summed E-state index contributed by atoms with van der Waals surface area (Å²) >= 11 is 0. The standard InChI is InChI=1S/C18H35N3/c1-4-10-17-11-6-8-14-21(17)15-9-7-12-18(3,16-19)20-13-5-2/h17,20H,4-15H2,1-3H3. The molecular formula is C18H35N3. The second-order valence-electron chi connectivity index (χ2n) is 6.80. The van der Waals surface area contributed by atoms with Gasteiger partial charge in [0.05, 0.1) is 6.07 Å². The SMILES string of the molecule is CCCNC(C)(C#N)CCCCN1CCCCC1CCC. The maximum absolute atomic E-state index is 9.35. The molecule has 1 N–H and O–H groups in total. The Bertz CT molecular complexity index is 308. The maximum Gasteiger partial charge on any atom is 0.103 e. The van der Waals surface area contributed by atoms with E-state index < -0.39 is 0 Å². The minimum Gasteiger partial charge on any atom is -0.300 e. The molecule has 1 aliphatic rings. The van der Waals surface area contributed by atoms with Gasteiger partial charge in [-0.2, -0.15) is 5.26 Å². The Morgan fingerprint density at radius 3 is 2.71 bits per heavy atom. The van der Waals surface area contributed by atoms with Crippen LogP contribution in [0.2, 0.25) is 0 Å². The van der Waals surface area contributed by atoms with E-state index in [1.165, 1.54) is 51.6 Å². The summed E-state index contributed by atoms with van der Waals surface area (Å²) in [7, 11) is 0. The molecule has 0 saturated carbocycles. The number of nitriles is 1. The first kappa shape index (κ1) is 18.5. The van der Waals surface area contributed by atoms with Crippen molar-refractivity contribution in [1.29, 1.82) is 5.26 Å². The van der Waals surface area contributed by atoms with E-state index in [1.54, 1.807) is 0 Å². The molecule has 1 rings (SSSR count). The van der Waals surface area contributed by atoms with Crippen LogP contribution in [0, 0.1) is 11.3 Å². The van der Waals surface area contributed by atoms with Crippen molar-refractivity contribution in [3.05, 3.63) is 0 Å². The minimum absolute atomic E-state index is 0.333. The van der Waals surface area contributed by atoms with Gasteiger partial charge in [-0.3, -0.25) is 5.32 Å². The van der Waals surface area contributed by atoms with E-state index in [-0.39, 0.29) is 5.54 Å². The van der Waals surface area contributed by atoms with Gasteiger partial charge in [0.15, 0.2) is 0 Å². The van der Waals surface area contributed by atoms with Crippen LogP contribution >= 0.6 is 0 Å². The molecular weight excluding hydrogens is 258 g/mol. The van der Waals surface area contributed by atoms with E-state index in [4.69, 9.17) is 0 Å². The third-order valence-corrected chi connectivity index (χ3v) is 4.76. The van der Waals surface area contributed by atoms with Crippen LogP contribution in [0.15, 0.2) is 0 Å². The fourth-order valence-corrected chi connectivity index (χ4v) is 3.39. The van der Waals surface area contributed by atoms with Gasteiger partial charge in [-0.15, -0.1) is 0 Å². The normalized spacial score (nSPS) is 22.7. The lowest BCUT2D eigenvalue weighted by molar-refractivity contribution is 0.136. The second-order valence-corrected chi connectivity index (χ2v) is 6.80. The van der Waals surface area contributed by atoms with Crippen molar-refractivity contribution < 1.29 is 0 Å². The lowest BCUT2D eigenvalue weighted by atomic mass is 9.95. The molecule has 0 aromatic rings. The van der Waals surface area contributed by atoms with Gasteiger partial charge in [0.1, 0.15) is 5.54 Å². The van der Waals surface area contributed by atoms with Crippen molar-refractivity contribution in [2.24, 2.45) is 0 Å². The summed E-state index contributed by atoms with van der Waals surface area (Å²) in [4.78, 5) is 2.70. The first-order chi connectivity index (χ1) is 10.1. The van der Waals surface area contributed by atoms with Crippen LogP contribution in [-0.2, 0) is 0 Å². The van der Waals surface area contributed by atoms with Gasteiger partial charge in [-0.25, -0.2) is 0 Å². The Balaban J connectivity index is 2.26. The van der Waals surface area contributed by atoms with Crippen molar-refractivity contribution in [2.75, 3.05) is 19.6 Å². The van der Waals surface area contributed by atoms with Gasteiger partial charge in [-0.1, -0.05) is 26.7 Å². The van der Waals surface area contributed by atoms with Crippen molar-refractivity contribution in [3.8, 4) is 6.07 Å². The smallest absolute Gasteiger partial charge is 0.103 e. The van der Waals surface area contributed by atoms with Gasteiger partial charge in [0, 0.05) is 6.04 Å². The van der Waals surface area contributed by atoms with Gasteiger partial charge in [0.25, 0.3) is 0 Å². The Morgan fingerprint density at radius 1 is 1.24 bits per heavy atom. The van der Waals surface area contributed by atoms with Crippen LogP contribution in [0.1, 0.15) is 78.6 Å². The number of unbranched alkanes of at least 4 members (excludes halogenated alkanes) is 1.